The number of carboxylic acids is 1. The Morgan fingerprint density at radius 1 is 1.38 bits per heavy atom. The van der Waals surface area contributed by atoms with Gasteiger partial charge in [0.05, 0.1) is 5.56 Å². The standard InChI is InChI=1S/C16H19FN2O2/c1-3-4-5-6-14-18-16(19(14)10-15(20)21)12-7-8-13(17)11(2)9-12/h7-9H,3-6,10H2,1-2H3/p+1. The number of hydrogen-bond donors (Lipinski definition) is 1. The lowest BCUT2D eigenvalue weighted by atomic mass is 10.1. The number of aliphatic carboxylic acids is 1. The van der Waals surface area contributed by atoms with Gasteiger partial charge in [0.1, 0.15) is 5.82 Å². The van der Waals surface area contributed by atoms with Crippen molar-refractivity contribution in [2.75, 3.05) is 6.54 Å². The van der Waals surface area contributed by atoms with Gasteiger partial charge in [0.15, 0.2) is 6.54 Å². The van der Waals surface area contributed by atoms with Crippen LogP contribution in [0.1, 0.15) is 43.7 Å². The predicted molar refractivity (Wildman–Crippen MR) is 79.6 cm³/mol. The second kappa shape index (κ2) is 6.61. The first kappa shape index (κ1) is 15.4. The van der Waals surface area contributed by atoms with Crippen molar-refractivity contribution in [3.8, 4) is 0 Å². The third-order valence-electron chi connectivity index (χ3n) is 3.52. The average Bonchev–Trinajstić information content (AvgIpc) is 2.43. The number of nitrogens with zero attached hydrogens (tertiary/aromatic N) is 2. The number of hydrogen-bond acceptors (Lipinski definition) is 2. The molecule has 0 radical (unpaired) electrons. The lowest BCUT2D eigenvalue weighted by Gasteiger charge is -2.18. The summed E-state index contributed by atoms with van der Waals surface area (Å²) in [5, 5.41) is 9.03. The monoisotopic (exact) mass is 291 g/mol. The van der Waals surface area contributed by atoms with Crippen molar-refractivity contribution in [1.82, 2.24) is 0 Å². The number of carboxylic acid groups (broad SMARTS) is 1. The molecule has 0 fully saturated rings. The Kier molecular flexibility index (Phi) is 4.83. The zero-order valence-electron chi connectivity index (χ0n) is 12.4. The van der Waals surface area contributed by atoms with Crippen molar-refractivity contribution in [2.45, 2.75) is 39.5 Å². The molecule has 0 bridgehead atoms. The first-order valence-electron chi connectivity index (χ1n) is 7.23. The fourth-order valence-corrected chi connectivity index (χ4v) is 2.35. The smallest absolute Gasteiger partial charge is 0.338 e. The van der Waals surface area contributed by atoms with Gasteiger partial charge in [0.2, 0.25) is 5.84 Å². The van der Waals surface area contributed by atoms with Crippen LogP contribution in [0.15, 0.2) is 23.2 Å². The highest BCUT2D eigenvalue weighted by atomic mass is 19.1. The van der Waals surface area contributed by atoms with E-state index in [0.29, 0.717) is 11.4 Å². The molecule has 0 atom stereocenters. The minimum atomic E-state index is -0.894. The van der Waals surface area contributed by atoms with Gasteiger partial charge in [-0.25, -0.2) is 13.8 Å². The lowest BCUT2D eigenvalue weighted by Crippen LogP contribution is -2.40. The molecule has 0 aliphatic carbocycles. The van der Waals surface area contributed by atoms with E-state index in [1.165, 1.54) is 6.07 Å². The fourth-order valence-electron chi connectivity index (χ4n) is 2.35. The summed E-state index contributed by atoms with van der Waals surface area (Å²) in [6.07, 6.45) is 4.00. The van der Waals surface area contributed by atoms with Gasteiger partial charge in [-0.2, -0.15) is 0 Å². The molecule has 1 aliphatic heterocycles. The van der Waals surface area contributed by atoms with E-state index in [0.717, 1.165) is 37.1 Å². The van der Waals surface area contributed by atoms with Crippen LogP contribution in [-0.4, -0.2) is 33.9 Å². The number of carbonyl (C=O) groups is 1. The number of benzene rings is 1. The Hall–Kier alpha value is -2.04. The maximum absolute atomic E-state index is 13.3. The van der Waals surface area contributed by atoms with E-state index in [1.54, 1.807) is 23.6 Å². The van der Waals surface area contributed by atoms with Crippen LogP contribution >= 0.6 is 0 Å². The highest BCUT2D eigenvalue weighted by Gasteiger charge is 2.31. The first-order chi connectivity index (χ1) is 10.0. The second-order valence-electron chi connectivity index (χ2n) is 5.25. The summed E-state index contributed by atoms with van der Waals surface area (Å²) in [5.74, 6) is 0.264. The van der Waals surface area contributed by atoms with Crippen molar-refractivity contribution < 1.29 is 18.9 Å². The summed E-state index contributed by atoms with van der Waals surface area (Å²) in [6.45, 7) is 3.71. The van der Waals surface area contributed by atoms with Crippen molar-refractivity contribution in [2.24, 2.45) is 4.99 Å². The summed E-state index contributed by atoms with van der Waals surface area (Å²) < 4.78 is 15.0. The number of aliphatic imine (C=N–C) groups is 1. The van der Waals surface area contributed by atoms with E-state index < -0.39 is 5.97 Å². The zero-order chi connectivity index (χ0) is 15.4. The second-order valence-corrected chi connectivity index (χ2v) is 5.25. The van der Waals surface area contributed by atoms with Crippen molar-refractivity contribution >= 4 is 17.6 Å². The number of halogens is 1. The van der Waals surface area contributed by atoms with Gasteiger partial charge in [-0.3, -0.25) is 0 Å². The molecule has 0 saturated carbocycles. The molecule has 1 heterocycles. The minimum Gasteiger partial charge on any atom is -0.479 e. The predicted octanol–water partition coefficient (Wildman–Crippen LogP) is 2.97. The molecule has 1 aromatic carbocycles. The summed E-state index contributed by atoms with van der Waals surface area (Å²) in [4.78, 5) is 15.4. The van der Waals surface area contributed by atoms with Crippen LogP contribution in [0.2, 0.25) is 0 Å². The van der Waals surface area contributed by atoms with Crippen LogP contribution < -0.4 is 0 Å². The van der Waals surface area contributed by atoms with Crippen LogP contribution in [0.3, 0.4) is 0 Å². The van der Waals surface area contributed by atoms with Gasteiger partial charge >= 0.3 is 5.97 Å². The molecule has 2 rings (SSSR count). The molecule has 1 N–H and O–H groups in total. The number of rotatable bonds is 7. The van der Waals surface area contributed by atoms with E-state index in [2.05, 4.69) is 11.9 Å². The average molecular weight is 291 g/mol. The van der Waals surface area contributed by atoms with Crippen LogP contribution in [-0.2, 0) is 4.79 Å². The van der Waals surface area contributed by atoms with Crippen LogP contribution in [0.25, 0.3) is 0 Å². The van der Waals surface area contributed by atoms with Gasteiger partial charge in [0, 0.05) is 6.42 Å². The molecular weight excluding hydrogens is 271 g/mol. The van der Waals surface area contributed by atoms with E-state index >= 15 is 0 Å². The largest absolute Gasteiger partial charge is 0.479 e. The molecule has 1 aromatic rings. The highest BCUT2D eigenvalue weighted by Crippen LogP contribution is 2.17. The van der Waals surface area contributed by atoms with Crippen molar-refractivity contribution in [1.29, 1.82) is 0 Å². The molecular formula is C16H20FN2O2+. The third-order valence-corrected chi connectivity index (χ3v) is 3.52. The highest BCUT2D eigenvalue weighted by molar-refractivity contribution is 6.10. The van der Waals surface area contributed by atoms with Gasteiger partial charge in [-0.1, -0.05) is 24.8 Å². The first-order valence-corrected chi connectivity index (χ1v) is 7.23. The van der Waals surface area contributed by atoms with Gasteiger partial charge in [-0.15, -0.1) is 0 Å². The summed E-state index contributed by atoms with van der Waals surface area (Å²) in [5.41, 5.74) is 1.29. The molecule has 112 valence electrons. The topological polar surface area (TPSA) is 52.7 Å². The van der Waals surface area contributed by atoms with E-state index in [4.69, 9.17) is 5.11 Å². The number of amidine groups is 2. The number of aryl methyl sites for hydroxylation is 1. The quantitative estimate of drug-likeness (QED) is 0.620. The summed E-state index contributed by atoms with van der Waals surface area (Å²) in [7, 11) is 0. The molecule has 1 aliphatic rings. The van der Waals surface area contributed by atoms with Crippen LogP contribution in [0.4, 0.5) is 4.39 Å². The third kappa shape index (κ3) is 3.54. The molecule has 0 saturated heterocycles. The van der Waals surface area contributed by atoms with E-state index in [9.17, 15) is 9.18 Å². The van der Waals surface area contributed by atoms with Gasteiger partial charge in [0.25, 0.3) is 5.84 Å². The maximum atomic E-state index is 13.3. The van der Waals surface area contributed by atoms with Crippen molar-refractivity contribution in [3.63, 3.8) is 0 Å². The Morgan fingerprint density at radius 3 is 2.76 bits per heavy atom. The summed E-state index contributed by atoms with van der Waals surface area (Å²) in [6, 6.07) is 4.73. The zero-order valence-corrected chi connectivity index (χ0v) is 12.4. The molecule has 4 nitrogen and oxygen atoms in total. The Labute approximate surface area is 123 Å². The Balaban J connectivity index is 2.20. The van der Waals surface area contributed by atoms with E-state index in [-0.39, 0.29) is 12.4 Å². The number of unbranched alkanes of at least 4 members (excludes halogenated alkanes) is 2. The Morgan fingerprint density at radius 2 is 2.14 bits per heavy atom. The molecule has 5 heteroatoms. The molecule has 0 spiro atoms. The van der Waals surface area contributed by atoms with Crippen LogP contribution in [0.5, 0.6) is 0 Å². The molecule has 21 heavy (non-hydrogen) atoms. The summed E-state index contributed by atoms with van der Waals surface area (Å²) >= 11 is 0. The Bertz CT molecular complexity index is 621. The SMILES string of the molecule is CCCCCC1=NC(c2ccc(F)c(C)c2)=[N+]1CC(=O)O. The van der Waals surface area contributed by atoms with Crippen LogP contribution in [0, 0.1) is 12.7 Å². The van der Waals surface area contributed by atoms with Crippen molar-refractivity contribution in [3.05, 3.63) is 35.1 Å². The van der Waals surface area contributed by atoms with E-state index in [1.807, 2.05) is 0 Å². The normalized spacial score (nSPS) is 14.0. The van der Waals surface area contributed by atoms with Gasteiger partial charge in [-0.05, 0) is 37.1 Å². The molecule has 0 aromatic heterocycles. The van der Waals surface area contributed by atoms with Gasteiger partial charge < -0.3 is 5.11 Å². The maximum Gasteiger partial charge on any atom is 0.338 e. The fraction of sp³-hybridized carbons (Fsp3) is 0.438. The molecule has 0 amide bonds. The minimum absolute atomic E-state index is 0.100. The molecule has 0 unspecified atom stereocenters. The lowest BCUT2D eigenvalue weighted by molar-refractivity contribution is -0.414.